The maximum absolute atomic E-state index is 11.4. The molecule has 0 saturated carbocycles. The SMILES string of the molecule is Cc1nc(Cl)cc(C=CCCNC(=O)OC(C)(C)C)n1. The van der Waals surface area contributed by atoms with Gasteiger partial charge in [0.1, 0.15) is 16.6 Å². The van der Waals surface area contributed by atoms with Crippen LogP contribution in [0.25, 0.3) is 6.08 Å². The topological polar surface area (TPSA) is 64.1 Å². The lowest BCUT2D eigenvalue weighted by Gasteiger charge is -2.19. The van der Waals surface area contributed by atoms with Crippen LogP contribution in [0.5, 0.6) is 0 Å². The Hall–Kier alpha value is -1.62. The summed E-state index contributed by atoms with van der Waals surface area (Å²) in [5.74, 6) is 0.629. The van der Waals surface area contributed by atoms with Crippen molar-refractivity contribution in [3.05, 3.63) is 28.8 Å². The smallest absolute Gasteiger partial charge is 0.407 e. The van der Waals surface area contributed by atoms with E-state index in [4.69, 9.17) is 16.3 Å². The molecule has 0 radical (unpaired) electrons. The monoisotopic (exact) mass is 297 g/mol. The minimum atomic E-state index is -0.477. The molecule has 0 spiro atoms. The highest BCUT2D eigenvalue weighted by Gasteiger charge is 2.15. The van der Waals surface area contributed by atoms with Gasteiger partial charge >= 0.3 is 6.09 Å². The Morgan fingerprint density at radius 2 is 2.15 bits per heavy atom. The highest BCUT2D eigenvalue weighted by atomic mass is 35.5. The van der Waals surface area contributed by atoms with Gasteiger partial charge in [-0.2, -0.15) is 0 Å². The lowest BCUT2D eigenvalue weighted by Crippen LogP contribution is -2.32. The number of carbonyl (C=O) groups excluding carboxylic acids is 1. The minimum Gasteiger partial charge on any atom is -0.444 e. The first kappa shape index (κ1) is 16.4. The largest absolute Gasteiger partial charge is 0.444 e. The normalized spacial score (nSPS) is 11.7. The summed E-state index contributed by atoms with van der Waals surface area (Å²) in [5.41, 5.74) is 0.273. The molecule has 0 bridgehead atoms. The molecule has 6 heteroatoms. The van der Waals surface area contributed by atoms with Crippen molar-refractivity contribution in [2.75, 3.05) is 6.54 Å². The quantitative estimate of drug-likeness (QED) is 0.683. The molecule has 0 unspecified atom stereocenters. The van der Waals surface area contributed by atoms with E-state index in [1.165, 1.54) is 0 Å². The van der Waals surface area contributed by atoms with Crippen molar-refractivity contribution in [3.63, 3.8) is 0 Å². The number of alkyl carbamates (subject to hydrolysis) is 1. The van der Waals surface area contributed by atoms with Crippen LogP contribution in [-0.2, 0) is 4.74 Å². The molecule has 110 valence electrons. The number of ether oxygens (including phenoxy) is 1. The van der Waals surface area contributed by atoms with Crippen LogP contribution in [0.4, 0.5) is 4.79 Å². The van der Waals surface area contributed by atoms with Crippen molar-refractivity contribution < 1.29 is 9.53 Å². The minimum absolute atomic E-state index is 0.410. The molecule has 1 amide bonds. The molecule has 0 saturated heterocycles. The van der Waals surface area contributed by atoms with Gasteiger partial charge in [-0.1, -0.05) is 17.7 Å². The van der Waals surface area contributed by atoms with Gasteiger partial charge in [-0.3, -0.25) is 0 Å². The van der Waals surface area contributed by atoms with Gasteiger partial charge in [-0.05, 0) is 40.2 Å². The number of rotatable bonds is 4. The van der Waals surface area contributed by atoms with Crippen LogP contribution in [-0.4, -0.2) is 28.2 Å². The van der Waals surface area contributed by atoms with E-state index in [9.17, 15) is 4.79 Å². The van der Waals surface area contributed by atoms with Crippen LogP contribution in [0.1, 0.15) is 38.7 Å². The third-order valence-corrected chi connectivity index (χ3v) is 2.29. The zero-order valence-corrected chi connectivity index (χ0v) is 13.0. The average Bonchev–Trinajstić information content (AvgIpc) is 2.24. The number of hydrogen-bond acceptors (Lipinski definition) is 4. The molecule has 20 heavy (non-hydrogen) atoms. The third kappa shape index (κ3) is 7.09. The summed E-state index contributed by atoms with van der Waals surface area (Å²) in [7, 11) is 0. The van der Waals surface area contributed by atoms with Gasteiger partial charge in [0.25, 0.3) is 0 Å². The molecule has 1 aromatic heterocycles. The Labute approximate surface area is 124 Å². The van der Waals surface area contributed by atoms with Crippen LogP contribution >= 0.6 is 11.6 Å². The Balaban J connectivity index is 2.34. The lowest BCUT2D eigenvalue weighted by atomic mass is 10.2. The highest BCUT2D eigenvalue weighted by Crippen LogP contribution is 2.08. The zero-order chi connectivity index (χ0) is 15.2. The number of nitrogens with zero attached hydrogens (tertiary/aromatic N) is 2. The highest BCUT2D eigenvalue weighted by molar-refractivity contribution is 6.29. The number of nitrogens with one attached hydrogen (secondary N) is 1. The second-order valence-corrected chi connectivity index (χ2v) is 5.67. The van der Waals surface area contributed by atoms with Gasteiger partial charge < -0.3 is 10.1 Å². The molecule has 1 heterocycles. The molecule has 1 aromatic rings. The Kier molecular flexibility index (Phi) is 5.95. The van der Waals surface area contributed by atoms with E-state index in [-0.39, 0.29) is 0 Å². The van der Waals surface area contributed by atoms with Crippen LogP contribution in [0.3, 0.4) is 0 Å². The van der Waals surface area contributed by atoms with E-state index in [1.54, 1.807) is 13.0 Å². The molecule has 0 aliphatic carbocycles. The summed E-state index contributed by atoms with van der Waals surface area (Å²) in [6, 6.07) is 1.69. The fourth-order valence-electron chi connectivity index (χ4n) is 1.41. The second-order valence-electron chi connectivity index (χ2n) is 5.28. The van der Waals surface area contributed by atoms with Gasteiger partial charge in [0.2, 0.25) is 0 Å². The summed E-state index contributed by atoms with van der Waals surface area (Å²) in [4.78, 5) is 19.6. The van der Waals surface area contributed by atoms with E-state index in [0.29, 0.717) is 23.9 Å². The molecule has 1 N–H and O–H groups in total. The fourth-order valence-corrected chi connectivity index (χ4v) is 1.65. The first-order valence-electron chi connectivity index (χ1n) is 6.41. The van der Waals surface area contributed by atoms with E-state index in [1.807, 2.05) is 32.9 Å². The Bertz CT molecular complexity index is 475. The number of hydrogen-bond donors (Lipinski definition) is 1. The summed E-state index contributed by atoms with van der Waals surface area (Å²) < 4.78 is 5.12. The summed E-state index contributed by atoms with van der Waals surface area (Å²) >= 11 is 5.83. The van der Waals surface area contributed by atoms with Crippen LogP contribution < -0.4 is 5.32 Å². The van der Waals surface area contributed by atoms with Crippen LogP contribution in [0.15, 0.2) is 12.1 Å². The summed E-state index contributed by atoms with van der Waals surface area (Å²) in [6.45, 7) is 7.77. The van der Waals surface area contributed by atoms with Crippen molar-refractivity contribution in [2.45, 2.75) is 39.7 Å². The standard InChI is InChI=1S/C14H20ClN3O2/c1-10-17-11(9-12(15)18-10)7-5-6-8-16-13(19)20-14(2,3)4/h5,7,9H,6,8H2,1-4H3,(H,16,19). The predicted molar refractivity (Wildman–Crippen MR) is 79.7 cm³/mol. The van der Waals surface area contributed by atoms with Crippen molar-refractivity contribution in [2.24, 2.45) is 0 Å². The van der Waals surface area contributed by atoms with Crippen LogP contribution in [0.2, 0.25) is 5.15 Å². The Morgan fingerprint density at radius 1 is 1.45 bits per heavy atom. The molecule has 0 atom stereocenters. The molecule has 0 aliphatic heterocycles. The molecular weight excluding hydrogens is 278 g/mol. The van der Waals surface area contributed by atoms with Gasteiger partial charge in [0.05, 0.1) is 5.69 Å². The molecule has 5 nitrogen and oxygen atoms in total. The number of halogens is 1. The number of aryl methyl sites for hydroxylation is 1. The van der Waals surface area contributed by atoms with E-state index >= 15 is 0 Å². The van der Waals surface area contributed by atoms with E-state index < -0.39 is 11.7 Å². The zero-order valence-electron chi connectivity index (χ0n) is 12.2. The fraction of sp³-hybridized carbons (Fsp3) is 0.500. The van der Waals surface area contributed by atoms with Crippen molar-refractivity contribution in [1.82, 2.24) is 15.3 Å². The first-order valence-corrected chi connectivity index (χ1v) is 6.78. The summed E-state index contributed by atoms with van der Waals surface area (Å²) in [6.07, 6.45) is 4.03. The molecule has 0 fully saturated rings. The molecule has 0 aliphatic rings. The second kappa shape index (κ2) is 7.24. The maximum atomic E-state index is 11.4. The van der Waals surface area contributed by atoms with Gasteiger partial charge in [0, 0.05) is 12.6 Å². The van der Waals surface area contributed by atoms with E-state index in [2.05, 4.69) is 15.3 Å². The van der Waals surface area contributed by atoms with Crippen molar-refractivity contribution >= 4 is 23.8 Å². The number of aromatic nitrogens is 2. The molecular formula is C14H20ClN3O2. The average molecular weight is 298 g/mol. The van der Waals surface area contributed by atoms with Gasteiger partial charge in [-0.25, -0.2) is 14.8 Å². The van der Waals surface area contributed by atoms with Gasteiger partial charge in [0.15, 0.2) is 0 Å². The lowest BCUT2D eigenvalue weighted by molar-refractivity contribution is 0.0529. The third-order valence-electron chi connectivity index (χ3n) is 2.09. The van der Waals surface area contributed by atoms with Gasteiger partial charge in [-0.15, -0.1) is 0 Å². The van der Waals surface area contributed by atoms with E-state index in [0.717, 1.165) is 5.69 Å². The molecule has 0 aromatic carbocycles. The molecule has 1 rings (SSSR count). The van der Waals surface area contributed by atoms with Crippen molar-refractivity contribution in [3.8, 4) is 0 Å². The first-order chi connectivity index (χ1) is 9.26. The van der Waals surface area contributed by atoms with Crippen molar-refractivity contribution in [1.29, 1.82) is 0 Å². The Morgan fingerprint density at radius 3 is 2.75 bits per heavy atom. The van der Waals surface area contributed by atoms with Crippen LogP contribution in [0, 0.1) is 6.92 Å². The predicted octanol–water partition coefficient (Wildman–Crippen LogP) is 3.37. The number of carbonyl (C=O) groups is 1. The summed E-state index contributed by atoms with van der Waals surface area (Å²) in [5, 5.41) is 3.10. The maximum Gasteiger partial charge on any atom is 0.407 e. The number of amides is 1.